The molecule has 0 unspecified atom stereocenters. The maximum atomic E-state index is 13.4. The van der Waals surface area contributed by atoms with Crippen LogP contribution in [0.1, 0.15) is 21.7 Å². The van der Waals surface area contributed by atoms with Crippen LogP contribution in [0.2, 0.25) is 0 Å². The molecule has 0 radical (unpaired) electrons. The van der Waals surface area contributed by atoms with Crippen molar-refractivity contribution in [2.24, 2.45) is 0 Å². The van der Waals surface area contributed by atoms with Gasteiger partial charge in [0.15, 0.2) is 5.76 Å². The Kier molecular flexibility index (Phi) is 7.42. The molecule has 3 aromatic rings. The van der Waals surface area contributed by atoms with Crippen LogP contribution in [0.3, 0.4) is 0 Å². The summed E-state index contributed by atoms with van der Waals surface area (Å²) in [6.45, 7) is 3.63. The Morgan fingerprint density at radius 2 is 1.67 bits per heavy atom. The van der Waals surface area contributed by atoms with Crippen molar-refractivity contribution >= 4 is 11.8 Å². The highest BCUT2D eigenvalue weighted by Gasteiger charge is 2.29. The minimum atomic E-state index is -0.655. The zero-order valence-corrected chi connectivity index (χ0v) is 18.8. The zero-order valence-electron chi connectivity index (χ0n) is 18.8. The molecule has 2 amide bonds. The maximum absolute atomic E-state index is 13.4. The molecule has 4 rings (SSSR count). The summed E-state index contributed by atoms with van der Waals surface area (Å²) in [7, 11) is 1.66. The number of hydrogen-bond acceptors (Lipinski definition) is 5. The van der Waals surface area contributed by atoms with E-state index >= 15 is 0 Å². The summed E-state index contributed by atoms with van der Waals surface area (Å²) in [4.78, 5) is 30.2. The second-order valence-electron chi connectivity index (χ2n) is 8.14. The quantitative estimate of drug-likeness (QED) is 0.575. The van der Waals surface area contributed by atoms with Crippen molar-refractivity contribution in [1.29, 1.82) is 0 Å². The lowest BCUT2D eigenvalue weighted by atomic mass is 10.0. The van der Waals surface area contributed by atoms with Crippen LogP contribution in [0.15, 0.2) is 77.4 Å². The molecule has 1 saturated heterocycles. The van der Waals surface area contributed by atoms with Gasteiger partial charge in [-0.1, -0.05) is 42.5 Å². The number of carbonyl (C=O) groups excluding carboxylic acids is 2. The molecule has 1 aromatic heterocycles. The molecule has 7 heteroatoms. The Bertz CT molecular complexity index is 1030. The summed E-state index contributed by atoms with van der Waals surface area (Å²) in [6, 6.07) is 20.4. The highest BCUT2D eigenvalue weighted by molar-refractivity contribution is 5.95. The third-order valence-electron chi connectivity index (χ3n) is 5.88. The van der Waals surface area contributed by atoms with E-state index in [-0.39, 0.29) is 17.6 Å². The van der Waals surface area contributed by atoms with Crippen molar-refractivity contribution in [3.63, 3.8) is 0 Å². The number of nitrogens with one attached hydrogen (secondary N) is 1. The third kappa shape index (κ3) is 6.02. The molecular weight excluding hydrogens is 418 g/mol. The number of methoxy groups -OCH3 is 1. The summed E-state index contributed by atoms with van der Waals surface area (Å²) in [5.41, 5.74) is 2.21. The largest absolute Gasteiger partial charge is 0.497 e. The number of piperazine rings is 1. The lowest BCUT2D eigenvalue weighted by Gasteiger charge is -2.36. The summed E-state index contributed by atoms with van der Waals surface area (Å²) >= 11 is 0. The van der Waals surface area contributed by atoms with Gasteiger partial charge in [0.1, 0.15) is 11.8 Å². The van der Waals surface area contributed by atoms with Gasteiger partial charge in [-0.3, -0.25) is 14.5 Å². The van der Waals surface area contributed by atoms with E-state index in [0.29, 0.717) is 19.5 Å². The van der Waals surface area contributed by atoms with E-state index in [1.807, 2.05) is 47.4 Å². The van der Waals surface area contributed by atoms with Gasteiger partial charge in [0.05, 0.1) is 13.4 Å². The minimum absolute atomic E-state index is 0.0668. The average molecular weight is 448 g/mol. The topological polar surface area (TPSA) is 75.0 Å². The summed E-state index contributed by atoms with van der Waals surface area (Å²) in [5.74, 6) is 0.593. The molecule has 1 N–H and O–H groups in total. The Labute approximate surface area is 193 Å². The fourth-order valence-corrected chi connectivity index (χ4v) is 4.02. The number of carbonyl (C=O) groups is 2. The highest BCUT2D eigenvalue weighted by atomic mass is 16.5. The lowest BCUT2D eigenvalue weighted by molar-refractivity contribution is -0.135. The Morgan fingerprint density at radius 3 is 2.30 bits per heavy atom. The fourth-order valence-electron chi connectivity index (χ4n) is 4.02. The number of benzene rings is 2. The van der Waals surface area contributed by atoms with E-state index in [2.05, 4.69) is 22.3 Å². The van der Waals surface area contributed by atoms with Gasteiger partial charge in [-0.15, -0.1) is 0 Å². The van der Waals surface area contributed by atoms with E-state index in [0.717, 1.165) is 30.9 Å². The average Bonchev–Trinajstić information content (AvgIpc) is 3.40. The van der Waals surface area contributed by atoms with Gasteiger partial charge in [0.2, 0.25) is 5.91 Å². The molecule has 172 valence electrons. The number of amides is 2. The van der Waals surface area contributed by atoms with Crippen molar-refractivity contribution in [2.45, 2.75) is 19.0 Å². The van der Waals surface area contributed by atoms with Gasteiger partial charge >= 0.3 is 0 Å². The molecule has 33 heavy (non-hydrogen) atoms. The molecular formula is C26H29N3O4. The Hall–Kier alpha value is -3.58. The summed E-state index contributed by atoms with van der Waals surface area (Å²) in [6.07, 6.45) is 1.88. The molecule has 0 saturated carbocycles. The predicted molar refractivity (Wildman–Crippen MR) is 125 cm³/mol. The number of nitrogens with zero attached hydrogens (tertiary/aromatic N) is 2. The van der Waals surface area contributed by atoms with E-state index < -0.39 is 6.04 Å². The van der Waals surface area contributed by atoms with Gasteiger partial charge < -0.3 is 19.4 Å². The predicted octanol–water partition coefficient (Wildman–Crippen LogP) is 2.97. The molecule has 2 aromatic carbocycles. The fraction of sp³-hybridized carbons (Fsp3) is 0.308. The van der Waals surface area contributed by atoms with Crippen LogP contribution in [-0.2, 0) is 17.8 Å². The first-order valence-corrected chi connectivity index (χ1v) is 11.1. The SMILES string of the molecule is COc1ccc(CN2CCN(C(=O)[C@@H](Cc3ccccc3)NC(=O)c3ccco3)CC2)cc1. The first-order chi connectivity index (χ1) is 16.1. The standard InChI is InChI=1S/C26H29N3O4/c1-32-22-11-9-21(10-12-22)19-28-13-15-29(16-14-28)26(31)23(18-20-6-3-2-4-7-20)27-25(30)24-8-5-17-33-24/h2-12,17,23H,13-16,18-19H2,1H3,(H,27,30)/t23-/m1/s1. The van der Waals surface area contributed by atoms with E-state index in [1.165, 1.54) is 11.8 Å². The van der Waals surface area contributed by atoms with Gasteiger partial charge in [0.25, 0.3) is 5.91 Å². The van der Waals surface area contributed by atoms with E-state index in [4.69, 9.17) is 9.15 Å². The Morgan fingerprint density at radius 1 is 0.939 bits per heavy atom. The smallest absolute Gasteiger partial charge is 0.287 e. The van der Waals surface area contributed by atoms with Crippen LogP contribution in [-0.4, -0.2) is 60.9 Å². The van der Waals surface area contributed by atoms with Gasteiger partial charge in [-0.2, -0.15) is 0 Å². The van der Waals surface area contributed by atoms with Crippen LogP contribution in [0, 0.1) is 0 Å². The summed E-state index contributed by atoms with van der Waals surface area (Å²) in [5, 5.41) is 2.88. The first-order valence-electron chi connectivity index (χ1n) is 11.1. The van der Waals surface area contributed by atoms with Crippen LogP contribution in [0.25, 0.3) is 0 Å². The van der Waals surface area contributed by atoms with Crippen molar-refractivity contribution in [1.82, 2.24) is 15.1 Å². The van der Waals surface area contributed by atoms with Crippen molar-refractivity contribution < 1.29 is 18.7 Å². The first kappa shape index (κ1) is 22.6. The monoisotopic (exact) mass is 447 g/mol. The minimum Gasteiger partial charge on any atom is -0.497 e. The molecule has 1 aliphatic rings. The number of furan rings is 1. The summed E-state index contributed by atoms with van der Waals surface area (Å²) < 4.78 is 10.4. The van der Waals surface area contributed by atoms with Gasteiger partial charge in [-0.25, -0.2) is 0 Å². The van der Waals surface area contributed by atoms with E-state index in [1.54, 1.807) is 19.2 Å². The lowest BCUT2D eigenvalue weighted by Crippen LogP contribution is -2.55. The number of hydrogen-bond donors (Lipinski definition) is 1. The van der Waals surface area contributed by atoms with Crippen LogP contribution >= 0.6 is 0 Å². The Balaban J connectivity index is 1.37. The van der Waals surface area contributed by atoms with Crippen LogP contribution in [0.5, 0.6) is 5.75 Å². The molecule has 1 atom stereocenters. The number of ether oxygens (including phenoxy) is 1. The van der Waals surface area contributed by atoms with Crippen molar-refractivity contribution in [3.8, 4) is 5.75 Å². The molecule has 2 heterocycles. The molecule has 0 bridgehead atoms. The van der Waals surface area contributed by atoms with E-state index in [9.17, 15) is 9.59 Å². The number of rotatable bonds is 8. The second kappa shape index (κ2) is 10.8. The molecule has 1 fully saturated rings. The zero-order chi connectivity index (χ0) is 23.0. The molecule has 0 spiro atoms. The third-order valence-corrected chi connectivity index (χ3v) is 5.88. The molecule has 1 aliphatic heterocycles. The van der Waals surface area contributed by atoms with Crippen molar-refractivity contribution in [2.75, 3.05) is 33.3 Å². The van der Waals surface area contributed by atoms with Gasteiger partial charge in [-0.05, 0) is 35.4 Å². The van der Waals surface area contributed by atoms with Crippen LogP contribution in [0.4, 0.5) is 0 Å². The normalized spacial score (nSPS) is 15.1. The maximum Gasteiger partial charge on any atom is 0.287 e. The van der Waals surface area contributed by atoms with Gasteiger partial charge in [0, 0.05) is 39.1 Å². The molecule has 7 nitrogen and oxygen atoms in total. The molecule has 0 aliphatic carbocycles. The van der Waals surface area contributed by atoms with Crippen LogP contribution < -0.4 is 10.1 Å². The highest BCUT2D eigenvalue weighted by Crippen LogP contribution is 2.15. The van der Waals surface area contributed by atoms with Crippen molar-refractivity contribution in [3.05, 3.63) is 89.9 Å². The second-order valence-corrected chi connectivity index (χ2v) is 8.14.